The fourth-order valence-corrected chi connectivity index (χ4v) is 3.77. The highest BCUT2D eigenvalue weighted by atomic mass is 32.2. The number of fused-ring (bicyclic) bond motifs is 1. The first-order chi connectivity index (χ1) is 14.9. The van der Waals surface area contributed by atoms with Gasteiger partial charge in [0.05, 0.1) is 22.5 Å². The molecule has 2 N–H and O–H groups in total. The summed E-state index contributed by atoms with van der Waals surface area (Å²) in [6.45, 7) is -2.54. The monoisotopic (exact) mass is 389 g/mol. The molecule has 4 rings (SSSR count). The van der Waals surface area contributed by atoms with Crippen LogP contribution in [-0.4, -0.2) is 28.1 Å². The van der Waals surface area contributed by atoms with E-state index in [-0.39, 0.29) is 0 Å². The lowest BCUT2D eigenvalue weighted by Gasteiger charge is -2.08. The average Bonchev–Trinajstić information content (AvgIpc) is 3.14. The van der Waals surface area contributed by atoms with E-state index in [0.717, 1.165) is 27.2 Å². The van der Waals surface area contributed by atoms with E-state index < -0.39 is 12.9 Å². The van der Waals surface area contributed by atoms with Crippen molar-refractivity contribution in [3.05, 3.63) is 83.8 Å². The molecule has 0 fully saturated rings. The van der Waals surface area contributed by atoms with Gasteiger partial charge in [-0.25, -0.2) is 0 Å². The van der Waals surface area contributed by atoms with Crippen molar-refractivity contribution in [1.82, 2.24) is 20.5 Å². The average molecular weight is 389 g/mol. The van der Waals surface area contributed by atoms with Crippen molar-refractivity contribution in [1.29, 1.82) is 0 Å². The second-order valence-corrected chi connectivity index (χ2v) is 7.07. The molecule has 6 heteroatoms. The fourth-order valence-electron chi connectivity index (χ4n) is 2.79. The number of rotatable bonds is 5. The summed E-state index contributed by atoms with van der Waals surface area (Å²) in [7, 11) is 0. The maximum atomic E-state index is 12.4. The van der Waals surface area contributed by atoms with Crippen LogP contribution in [0.2, 0.25) is 0 Å². The molecule has 0 spiro atoms. The van der Waals surface area contributed by atoms with E-state index in [9.17, 15) is 4.79 Å². The molecule has 5 nitrogen and oxygen atoms in total. The van der Waals surface area contributed by atoms with E-state index in [1.54, 1.807) is 24.4 Å². The molecule has 28 heavy (non-hydrogen) atoms. The molecule has 138 valence electrons. The summed E-state index contributed by atoms with van der Waals surface area (Å²) in [5, 5.41) is 10.4. The van der Waals surface area contributed by atoms with Gasteiger partial charge < -0.3 is 5.32 Å². The molecule has 0 radical (unpaired) electrons. The molecule has 4 aromatic rings. The molecule has 0 bridgehead atoms. The highest BCUT2D eigenvalue weighted by molar-refractivity contribution is 7.99. The van der Waals surface area contributed by atoms with Crippen molar-refractivity contribution in [2.24, 2.45) is 0 Å². The molecule has 0 unspecified atom stereocenters. The molecule has 1 amide bonds. The number of aromatic nitrogens is 3. The number of H-pyrrole nitrogens is 1. The number of pyridine rings is 1. The van der Waals surface area contributed by atoms with E-state index in [1.165, 1.54) is 11.8 Å². The second kappa shape index (κ2) is 8.10. The van der Waals surface area contributed by atoms with Gasteiger partial charge in [-0.3, -0.25) is 14.9 Å². The van der Waals surface area contributed by atoms with E-state index >= 15 is 0 Å². The molecule has 0 atom stereocenters. The number of nitrogens with one attached hydrogen (secondary N) is 2. The number of carbonyl (C=O) groups is 1. The number of carbonyl (C=O) groups excluding carboxylic acids is 1. The highest BCUT2D eigenvalue weighted by Crippen LogP contribution is 2.32. The number of nitrogens with zero attached hydrogens (tertiary/aromatic N) is 2. The topological polar surface area (TPSA) is 70.7 Å². The van der Waals surface area contributed by atoms with Gasteiger partial charge in [0.25, 0.3) is 5.91 Å². The van der Waals surface area contributed by atoms with Crippen LogP contribution in [0.25, 0.3) is 23.1 Å². The Kier molecular flexibility index (Phi) is 4.24. The van der Waals surface area contributed by atoms with Gasteiger partial charge in [-0.1, -0.05) is 30.0 Å². The Balaban J connectivity index is 1.57. The van der Waals surface area contributed by atoms with Crippen LogP contribution in [0.4, 0.5) is 0 Å². The minimum Gasteiger partial charge on any atom is -0.355 e. The molecular formula is C22H18N4OS. The lowest BCUT2D eigenvalue weighted by Crippen LogP contribution is -2.18. The van der Waals surface area contributed by atoms with Crippen molar-refractivity contribution >= 4 is 40.7 Å². The summed E-state index contributed by atoms with van der Waals surface area (Å²) in [6, 6.07) is 18.5. The summed E-state index contributed by atoms with van der Waals surface area (Å²) < 4.78 is 21.8. The van der Waals surface area contributed by atoms with E-state index in [1.807, 2.05) is 59.9 Å². The Morgan fingerprint density at radius 1 is 1.14 bits per heavy atom. The smallest absolute Gasteiger partial charge is 0.252 e. The molecule has 0 saturated carbocycles. The van der Waals surface area contributed by atoms with Gasteiger partial charge in [-0.2, -0.15) is 5.10 Å². The maximum Gasteiger partial charge on any atom is 0.252 e. The molecule has 2 aromatic carbocycles. The number of benzene rings is 2. The lowest BCUT2D eigenvalue weighted by molar-refractivity contribution is 0.0960. The third-order valence-corrected chi connectivity index (χ3v) is 5.20. The van der Waals surface area contributed by atoms with Crippen LogP contribution in [0.15, 0.2) is 76.7 Å². The minimum atomic E-state index is -2.54. The summed E-state index contributed by atoms with van der Waals surface area (Å²) in [4.78, 5) is 18.2. The zero-order valence-electron chi connectivity index (χ0n) is 17.7. The first-order valence-electron chi connectivity index (χ1n) is 10.1. The zero-order valence-corrected chi connectivity index (χ0v) is 15.5. The van der Waals surface area contributed by atoms with Crippen LogP contribution in [0.1, 0.15) is 25.9 Å². The molecule has 0 aliphatic rings. The van der Waals surface area contributed by atoms with Gasteiger partial charge in [0.2, 0.25) is 0 Å². The van der Waals surface area contributed by atoms with Crippen LogP contribution in [0, 0.1) is 0 Å². The van der Waals surface area contributed by atoms with Crippen molar-refractivity contribution in [3.63, 3.8) is 0 Å². The third-order valence-electron chi connectivity index (χ3n) is 4.14. The van der Waals surface area contributed by atoms with Gasteiger partial charge in [-0.05, 0) is 54.6 Å². The first kappa shape index (κ1) is 14.6. The lowest BCUT2D eigenvalue weighted by atomic mass is 10.2. The van der Waals surface area contributed by atoms with E-state index in [4.69, 9.17) is 4.11 Å². The van der Waals surface area contributed by atoms with Gasteiger partial charge in [0.15, 0.2) is 0 Å². The molecule has 0 aliphatic heterocycles. The Hall–Kier alpha value is -3.38. The molecule has 0 saturated heterocycles. The van der Waals surface area contributed by atoms with Crippen molar-refractivity contribution < 1.29 is 8.91 Å². The minimum absolute atomic E-state index is 0.312. The normalized spacial score (nSPS) is 13.2. The number of hydrogen-bond donors (Lipinski definition) is 2. The van der Waals surface area contributed by atoms with Crippen LogP contribution < -0.4 is 5.32 Å². The van der Waals surface area contributed by atoms with Crippen molar-refractivity contribution in [3.8, 4) is 0 Å². The summed E-state index contributed by atoms with van der Waals surface area (Å²) in [5.74, 6) is -0.632. The van der Waals surface area contributed by atoms with Crippen LogP contribution >= 0.6 is 11.8 Å². The van der Waals surface area contributed by atoms with Gasteiger partial charge in [-0.15, -0.1) is 0 Å². The Morgan fingerprint density at radius 2 is 2.04 bits per heavy atom. The first-order valence-corrected chi connectivity index (χ1v) is 9.37. The van der Waals surface area contributed by atoms with Gasteiger partial charge >= 0.3 is 0 Å². The molecule has 2 aromatic heterocycles. The SMILES string of the molecule is [2H]C([2H])([2H])NC(=O)c1ccccc1Sc1ccc2c(/C=C/c3ccccn3)n[nH]c2c1. The molecule has 2 heterocycles. The number of aromatic amines is 1. The summed E-state index contributed by atoms with van der Waals surface area (Å²) in [5.41, 5.74) is 2.81. The number of amides is 1. The predicted octanol–water partition coefficient (Wildman–Crippen LogP) is 4.64. The fraction of sp³-hybridized carbons (Fsp3) is 0.0455. The van der Waals surface area contributed by atoms with Crippen molar-refractivity contribution in [2.75, 3.05) is 6.98 Å². The highest BCUT2D eigenvalue weighted by Gasteiger charge is 2.11. The quantitative estimate of drug-likeness (QED) is 0.522. The summed E-state index contributed by atoms with van der Waals surface area (Å²) >= 11 is 1.38. The zero-order chi connectivity index (χ0) is 21.8. The molecular weight excluding hydrogens is 368 g/mol. The van der Waals surface area contributed by atoms with Gasteiger partial charge in [0, 0.05) is 32.5 Å². The number of hydrogen-bond acceptors (Lipinski definition) is 4. The summed E-state index contributed by atoms with van der Waals surface area (Å²) in [6.07, 6.45) is 5.54. The standard InChI is InChI=1S/C22H18N4OS/c1-23-22(27)18-7-2-3-8-21(18)28-16-10-11-17-19(25-26-20(17)14-16)12-9-15-6-4-5-13-24-15/h2-14H,1H3,(H,23,27)(H,25,26)/b12-9+/i1D3. The Labute approximate surface area is 171 Å². The van der Waals surface area contributed by atoms with Crippen LogP contribution in [0.5, 0.6) is 0 Å². The second-order valence-electron chi connectivity index (χ2n) is 5.96. The van der Waals surface area contributed by atoms with E-state index in [2.05, 4.69) is 15.2 Å². The largest absolute Gasteiger partial charge is 0.355 e. The van der Waals surface area contributed by atoms with Crippen LogP contribution in [0.3, 0.4) is 0 Å². The van der Waals surface area contributed by atoms with Crippen LogP contribution in [-0.2, 0) is 0 Å². The predicted molar refractivity (Wildman–Crippen MR) is 113 cm³/mol. The van der Waals surface area contributed by atoms with E-state index in [0.29, 0.717) is 10.5 Å². The third kappa shape index (κ3) is 3.82. The van der Waals surface area contributed by atoms with Crippen molar-refractivity contribution in [2.45, 2.75) is 9.79 Å². The Bertz CT molecular complexity index is 1250. The van der Waals surface area contributed by atoms with Gasteiger partial charge in [0.1, 0.15) is 0 Å². The Morgan fingerprint density at radius 3 is 2.89 bits per heavy atom. The maximum absolute atomic E-state index is 12.4. The molecule has 0 aliphatic carbocycles.